The SMILES string of the molecule is C=C(C)C(=O)OCCOC(=C)c1c(OC)ccc2c1C(=C)C(=O)N(C)C2=O. The van der Waals surface area contributed by atoms with Crippen molar-refractivity contribution in [2.45, 2.75) is 6.92 Å². The van der Waals surface area contributed by atoms with Gasteiger partial charge in [0.1, 0.15) is 24.7 Å². The van der Waals surface area contributed by atoms with Gasteiger partial charge in [-0.3, -0.25) is 14.5 Å². The summed E-state index contributed by atoms with van der Waals surface area (Å²) in [5, 5.41) is 0. The normalized spacial score (nSPS) is 13.1. The van der Waals surface area contributed by atoms with Gasteiger partial charge in [0.2, 0.25) is 0 Å². The molecule has 1 aromatic rings. The van der Waals surface area contributed by atoms with Crippen LogP contribution in [-0.2, 0) is 19.1 Å². The van der Waals surface area contributed by atoms with Gasteiger partial charge in [0.05, 0.1) is 12.7 Å². The summed E-state index contributed by atoms with van der Waals surface area (Å²) in [6.45, 7) is 12.7. The topological polar surface area (TPSA) is 82.1 Å². The van der Waals surface area contributed by atoms with E-state index in [-0.39, 0.29) is 30.1 Å². The number of rotatable bonds is 7. The van der Waals surface area contributed by atoms with E-state index in [4.69, 9.17) is 14.2 Å². The highest BCUT2D eigenvalue weighted by Gasteiger charge is 2.35. The zero-order valence-corrected chi connectivity index (χ0v) is 15.6. The molecular formula is C20H21NO6. The molecule has 2 rings (SSSR count). The second-order valence-corrected chi connectivity index (χ2v) is 5.90. The van der Waals surface area contributed by atoms with E-state index in [1.807, 2.05) is 0 Å². The van der Waals surface area contributed by atoms with Crippen molar-refractivity contribution in [2.75, 3.05) is 27.4 Å². The van der Waals surface area contributed by atoms with Crippen LogP contribution in [0.4, 0.5) is 0 Å². The molecule has 7 nitrogen and oxygen atoms in total. The van der Waals surface area contributed by atoms with Gasteiger partial charge in [-0.25, -0.2) is 4.79 Å². The molecule has 2 amide bonds. The fourth-order valence-corrected chi connectivity index (χ4v) is 2.60. The molecule has 142 valence electrons. The van der Waals surface area contributed by atoms with Crippen LogP contribution in [0.5, 0.6) is 5.75 Å². The molecule has 1 aliphatic heterocycles. The third-order valence-electron chi connectivity index (χ3n) is 4.01. The maximum Gasteiger partial charge on any atom is 0.333 e. The average molecular weight is 371 g/mol. The lowest BCUT2D eigenvalue weighted by atomic mass is 9.89. The number of fused-ring (bicyclic) bond motifs is 1. The van der Waals surface area contributed by atoms with Gasteiger partial charge in [-0.05, 0) is 19.1 Å². The standard InChI is InChI=1S/C20H21NO6/c1-11(2)20(24)27-10-9-26-13(4)17-15(25-6)8-7-14-16(17)12(3)18(22)21(5)19(14)23/h7-8H,1,3-4,9-10H2,2,5-6H3. The van der Waals surface area contributed by atoms with Crippen molar-refractivity contribution in [3.8, 4) is 5.75 Å². The summed E-state index contributed by atoms with van der Waals surface area (Å²) in [4.78, 5) is 37.1. The lowest BCUT2D eigenvalue weighted by molar-refractivity contribution is -0.139. The van der Waals surface area contributed by atoms with Gasteiger partial charge < -0.3 is 14.2 Å². The minimum Gasteiger partial charge on any atom is -0.496 e. The van der Waals surface area contributed by atoms with Crippen LogP contribution in [-0.4, -0.2) is 50.1 Å². The summed E-state index contributed by atoms with van der Waals surface area (Å²) >= 11 is 0. The smallest absolute Gasteiger partial charge is 0.333 e. The Bertz CT molecular complexity index is 867. The van der Waals surface area contributed by atoms with E-state index in [9.17, 15) is 14.4 Å². The van der Waals surface area contributed by atoms with Gasteiger partial charge >= 0.3 is 5.97 Å². The monoisotopic (exact) mass is 371 g/mol. The van der Waals surface area contributed by atoms with Crippen molar-refractivity contribution in [1.29, 1.82) is 0 Å². The number of nitrogens with zero attached hydrogens (tertiary/aromatic N) is 1. The molecular weight excluding hydrogens is 350 g/mol. The van der Waals surface area contributed by atoms with Gasteiger partial charge in [-0.15, -0.1) is 0 Å². The van der Waals surface area contributed by atoms with Crippen LogP contribution >= 0.6 is 0 Å². The third kappa shape index (κ3) is 3.76. The number of methoxy groups -OCH3 is 1. The minimum atomic E-state index is -0.522. The molecule has 27 heavy (non-hydrogen) atoms. The molecule has 1 heterocycles. The number of hydrogen-bond acceptors (Lipinski definition) is 6. The van der Waals surface area contributed by atoms with Gasteiger partial charge in [0.15, 0.2) is 0 Å². The summed E-state index contributed by atoms with van der Waals surface area (Å²) in [5.41, 5.74) is 1.41. The molecule has 0 bridgehead atoms. The Morgan fingerprint density at radius 1 is 1.11 bits per heavy atom. The maximum absolute atomic E-state index is 12.4. The Hall–Kier alpha value is -3.35. The largest absolute Gasteiger partial charge is 0.496 e. The number of hydrogen-bond donors (Lipinski definition) is 0. The second-order valence-electron chi connectivity index (χ2n) is 5.90. The summed E-state index contributed by atoms with van der Waals surface area (Å²) in [6.07, 6.45) is 0. The van der Waals surface area contributed by atoms with Crippen molar-refractivity contribution in [3.63, 3.8) is 0 Å². The zero-order valence-electron chi connectivity index (χ0n) is 15.6. The third-order valence-corrected chi connectivity index (χ3v) is 4.01. The van der Waals surface area contributed by atoms with Crippen LogP contribution in [0.2, 0.25) is 0 Å². The number of ether oxygens (including phenoxy) is 3. The molecule has 0 N–H and O–H groups in total. The predicted molar refractivity (Wildman–Crippen MR) is 99.9 cm³/mol. The Morgan fingerprint density at radius 3 is 2.33 bits per heavy atom. The number of carbonyl (C=O) groups is 3. The summed E-state index contributed by atoms with van der Waals surface area (Å²) < 4.78 is 15.9. The average Bonchev–Trinajstić information content (AvgIpc) is 2.66. The molecule has 0 atom stereocenters. The Labute approximate surface area is 157 Å². The highest BCUT2D eigenvalue weighted by molar-refractivity contribution is 6.31. The number of esters is 1. The first kappa shape index (κ1) is 20.0. The van der Waals surface area contributed by atoms with E-state index >= 15 is 0 Å². The Morgan fingerprint density at radius 2 is 1.74 bits per heavy atom. The van der Waals surface area contributed by atoms with Crippen LogP contribution in [0.1, 0.15) is 28.4 Å². The minimum absolute atomic E-state index is 0.0103. The lowest BCUT2D eigenvalue weighted by Gasteiger charge is -2.28. The number of amides is 2. The molecule has 0 saturated carbocycles. The van der Waals surface area contributed by atoms with E-state index in [0.717, 1.165) is 4.90 Å². The lowest BCUT2D eigenvalue weighted by Crippen LogP contribution is -2.38. The molecule has 1 aliphatic rings. The van der Waals surface area contributed by atoms with Crippen LogP contribution < -0.4 is 4.74 Å². The van der Waals surface area contributed by atoms with Crippen molar-refractivity contribution in [1.82, 2.24) is 4.90 Å². The fourth-order valence-electron chi connectivity index (χ4n) is 2.60. The summed E-state index contributed by atoms with van der Waals surface area (Å²) in [6, 6.07) is 3.16. The molecule has 0 unspecified atom stereocenters. The molecule has 0 fully saturated rings. The van der Waals surface area contributed by atoms with Crippen LogP contribution in [0.3, 0.4) is 0 Å². The van der Waals surface area contributed by atoms with E-state index in [0.29, 0.717) is 22.4 Å². The van der Waals surface area contributed by atoms with E-state index < -0.39 is 17.8 Å². The van der Waals surface area contributed by atoms with Gasteiger partial charge in [-0.2, -0.15) is 0 Å². The predicted octanol–water partition coefficient (Wildman–Crippen LogP) is 2.43. The maximum atomic E-state index is 12.4. The first-order chi connectivity index (χ1) is 12.7. The van der Waals surface area contributed by atoms with Crippen LogP contribution in [0.25, 0.3) is 11.3 Å². The summed E-state index contributed by atoms with van der Waals surface area (Å²) in [5.74, 6) is -0.934. The van der Waals surface area contributed by atoms with E-state index in [1.165, 1.54) is 14.2 Å². The Kier molecular flexibility index (Phi) is 5.85. The number of carbonyl (C=O) groups excluding carboxylic acids is 3. The number of benzene rings is 1. The molecule has 0 spiro atoms. The van der Waals surface area contributed by atoms with Gasteiger partial charge in [0, 0.05) is 29.3 Å². The molecule has 0 radical (unpaired) electrons. The van der Waals surface area contributed by atoms with Crippen molar-refractivity contribution < 1.29 is 28.6 Å². The van der Waals surface area contributed by atoms with Crippen molar-refractivity contribution in [3.05, 3.63) is 54.1 Å². The second kappa shape index (κ2) is 7.90. The zero-order chi connectivity index (χ0) is 20.3. The van der Waals surface area contributed by atoms with Crippen molar-refractivity contribution in [2.24, 2.45) is 0 Å². The first-order valence-corrected chi connectivity index (χ1v) is 8.08. The van der Waals surface area contributed by atoms with E-state index in [2.05, 4.69) is 19.7 Å². The van der Waals surface area contributed by atoms with Crippen LogP contribution in [0, 0.1) is 0 Å². The number of imide groups is 1. The molecule has 0 aromatic heterocycles. The molecule has 0 aliphatic carbocycles. The van der Waals surface area contributed by atoms with E-state index in [1.54, 1.807) is 19.1 Å². The van der Waals surface area contributed by atoms with Crippen molar-refractivity contribution >= 4 is 29.1 Å². The highest BCUT2D eigenvalue weighted by Crippen LogP contribution is 2.38. The van der Waals surface area contributed by atoms with Crippen LogP contribution in [0.15, 0.2) is 37.4 Å². The van der Waals surface area contributed by atoms with Gasteiger partial charge in [-0.1, -0.05) is 19.7 Å². The fraction of sp³-hybridized carbons (Fsp3) is 0.250. The highest BCUT2D eigenvalue weighted by atomic mass is 16.6. The molecule has 0 saturated heterocycles. The molecule has 1 aromatic carbocycles. The summed E-state index contributed by atoms with van der Waals surface area (Å²) in [7, 11) is 2.85. The number of likely N-dealkylation sites (N-methyl/N-ethyl adjacent to an activating group) is 1. The molecule has 7 heteroatoms. The first-order valence-electron chi connectivity index (χ1n) is 8.08. The Balaban J connectivity index is 2.31. The quantitative estimate of drug-likeness (QED) is 0.241. The van der Waals surface area contributed by atoms with Gasteiger partial charge in [0.25, 0.3) is 11.8 Å².